The molecule has 1 aliphatic heterocycles. The molecule has 3 aromatic rings. The Morgan fingerprint density at radius 3 is 2.57 bits per heavy atom. The smallest absolute Gasteiger partial charge is 0.349 e. The number of para-hydroxylation sites is 1. The minimum atomic E-state index is -0.558. The first-order valence-corrected chi connectivity index (χ1v) is 10.9. The van der Waals surface area contributed by atoms with Crippen LogP contribution in [0.15, 0.2) is 90.8 Å². The van der Waals surface area contributed by atoms with Crippen molar-refractivity contribution in [1.29, 1.82) is 5.26 Å². The van der Waals surface area contributed by atoms with Crippen molar-refractivity contribution in [2.45, 2.75) is 12.8 Å². The van der Waals surface area contributed by atoms with Gasteiger partial charge in [-0.2, -0.15) is 5.26 Å². The zero-order valence-corrected chi connectivity index (χ0v) is 19.2. The number of hydrogen-bond acceptors (Lipinski definition) is 7. The summed E-state index contributed by atoms with van der Waals surface area (Å²) in [5, 5.41) is 9.75. The number of esters is 1. The molecule has 1 aliphatic rings. The third-order valence-corrected chi connectivity index (χ3v) is 5.44. The summed E-state index contributed by atoms with van der Waals surface area (Å²) in [6.45, 7) is 5.69. The second kappa shape index (κ2) is 10.5. The molecule has 176 valence electrons. The van der Waals surface area contributed by atoms with Gasteiger partial charge in [0.25, 0.3) is 0 Å². The topological polar surface area (TPSA) is 104 Å². The molecule has 0 fully saturated rings. The molecule has 7 nitrogen and oxygen atoms in total. The van der Waals surface area contributed by atoms with Crippen molar-refractivity contribution in [3.63, 3.8) is 0 Å². The van der Waals surface area contributed by atoms with E-state index in [2.05, 4.69) is 12.6 Å². The lowest BCUT2D eigenvalue weighted by Crippen LogP contribution is -2.21. The molecule has 1 heterocycles. The molecule has 0 saturated carbocycles. The Balaban J connectivity index is 1.53. The molecule has 0 bridgehead atoms. The Morgan fingerprint density at radius 2 is 1.86 bits per heavy atom. The monoisotopic (exact) mass is 468 g/mol. The minimum absolute atomic E-state index is 0.00310. The van der Waals surface area contributed by atoms with Crippen molar-refractivity contribution < 1.29 is 23.7 Å². The summed E-state index contributed by atoms with van der Waals surface area (Å²) < 4.78 is 22.2. The van der Waals surface area contributed by atoms with Crippen molar-refractivity contribution in [2.24, 2.45) is 5.73 Å². The number of ether oxygens (including phenoxy) is 4. The second-order valence-electron chi connectivity index (χ2n) is 7.82. The van der Waals surface area contributed by atoms with Crippen LogP contribution in [-0.4, -0.2) is 19.2 Å². The molecule has 1 atom stereocenters. The van der Waals surface area contributed by atoms with Gasteiger partial charge in [-0.1, -0.05) is 49.1 Å². The Kier molecular flexibility index (Phi) is 7.03. The molecule has 0 spiro atoms. The number of nitriles is 1. The predicted molar refractivity (Wildman–Crippen MR) is 130 cm³/mol. The maximum atomic E-state index is 12.3. The lowest BCUT2D eigenvalue weighted by Gasteiger charge is -2.26. The predicted octanol–water partition coefficient (Wildman–Crippen LogP) is 4.76. The normalized spacial score (nSPS) is 14.2. The number of hydrogen-bond donors (Lipinski definition) is 1. The standard InChI is InChI=1S/C28H24N2O5/c1-3-14-32-20-10-8-19(9-11-20)27-22-13-12-21(15-25(22)35-28(30)23(27)16-29)34-26(31)17-33-24-7-5-4-6-18(24)2/h3-13,15,27H,1,14,17,30H2,2H3. The third-order valence-electron chi connectivity index (χ3n) is 5.44. The van der Waals surface area contributed by atoms with Crippen molar-refractivity contribution in [1.82, 2.24) is 0 Å². The van der Waals surface area contributed by atoms with Crippen LogP contribution in [0.3, 0.4) is 0 Å². The van der Waals surface area contributed by atoms with Crippen LogP contribution in [0.25, 0.3) is 0 Å². The average Bonchev–Trinajstić information content (AvgIpc) is 2.86. The van der Waals surface area contributed by atoms with Crippen LogP contribution in [-0.2, 0) is 4.79 Å². The van der Waals surface area contributed by atoms with Gasteiger partial charge in [0.15, 0.2) is 6.61 Å². The van der Waals surface area contributed by atoms with Gasteiger partial charge in [0, 0.05) is 11.6 Å². The van der Waals surface area contributed by atoms with E-state index in [-0.39, 0.29) is 18.2 Å². The zero-order valence-electron chi connectivity index (χ0n) is 19.2. The average molecular weight is 469 g/mol. The van der Waals surface area contributed by atoms with Gasteiger partial charge in [-0.25, -0.2) is 4.79 Å². The van der Waals surface area contributed by atoms with Gasteiger partial charge in [-0.15, -0.1) is 0 Å². The van der Waals surface area contributed by atoms with E-state index in [1.165, 1.54) is 0 Å². The van der Waals surface area contributed by atoms with Gasteiger partial charge in [0.2, 0.25) is 5.88 Å². The molecule has 0 amide bonds. The number of allylic oxidation sites excluding steroid dienone is 1. The quantitative estimate of drug-likeness (QED) is 0.289. The fourth-order valence-corrected chi connectivity index (χ4v) is 3.77. The largest absolute Gasteiger partial charge is 0.490 e. The van der Waals surface area contributed by atoms with Crippen molar-refractivity contribution in [3.8, 4) is 29.1 Å². The first-order chi connectivity index (χ1) is 17.0. The van der Waals surface area contributed by atoms with E-state index >= 15 is 0 Å². The van der Waals surface area contributed by atoms with Gasteiger partial charge >= 0.3 is 5.97 Å². The molecule has 4 rings (SSSR count). The molecule has 35 heavy (non-hydrogen) atoms. The van der Waals surface area contributed by atoms with E-state index < -0.39 is 11.9 Å². The molecule has 3 aromatic carbocycles. The number of rotatable bonds is 8. The van der Waals surface area contributed by atoms with Crippen LogP contribution in [0.1, 0.15) is 22.6 Å². The van der Waals surface area contributed by atoms with E-state index in [9.17, 15) is 10.1 Å². The first kappa shape index (κ1) is 23.5. The van der Waals surface area contributed by atoms with Crippen LogP contribution < -0.4 is 24.7 Å². The summed E-state index contributed by atoms with van der Waals surface area (Å²) in [5.74, 6) is 0.993. The Bertz CT molecular complexity index is 1320. The van der Waals surface area contributed by atoms with Crippen molar-refractivity contribution in [3.05, 3.63) is 108 Å². The van der Waals surface area contributed by atoms with Gasteiger partial charge in [0.1, 0.15) is 41.2 Å². The molecule has 7 heteroatoms. The highest BCUT2D eigenvalue weighted by Gasteiger charge is 2.31. The number of carbonyl (C=O) groups is 1. The first-order valence-electron chi connectivity index (χ1n) is 10.9. The molecule has 0 aromatic heterocycles. The summed E-state index contributed by atoms with van der Waals surface area (Å²) in [5.41, 5.74) is 8.87. The van der Waals surface area contributed by atoms with Crippen molar-refractivity contribution in [2.75, 3.05) is 13.2 Å². The van der Waals surface area contributed by atoms with E-state index in [1.54, 1.807) is 30.3 Å². The Labute approximate surface area is 203 Å². The highest BCUT2D eigenvalue weighted by Crippen LogP contribution is 2.43. The maximum Gasteiger partial charge on any atom is 0.349 e. The summed E-state index contributed by atoms with van der Waals surface area (Å²) in [4.78, 5) is 12.3. The fourth-order valence-electron chi connectivity index (χ4n) is 3.77. The van der Waals surface area contributed by atoms with Gasteiger partial charge in [-0.3, -0.25) is 0 Å². The fraction of sp³-hybridized carbons (Fsp3) is 0.143. The summed E-state index contributed by atoms with van der Waals surface area (Å²) in [7, 11) is 0. The summed E-state index contributed by atoms with van der Waals surface area (Å²) >= 11 is 0. The zero-order chi connectivity index (χ0) is 24.8. The number of nitrogens with zero attached hydrogens (tertiary/aromatic N) is 1. The lowest BCUT2D eigenvalue weighted by molar-refractivity contribution is -0.136. The van der Waals surface area contributed by atoms with Gasteiger partial charge in [-0.05, 0) is 42.3 Å². The molecular formula is C28H24N2O5. The number of carbonyl (C=O) groups excluding carboxylic acids is 1. The number of nitrogens with two attached hydrogens (primary N) is 1. The van der Waals surface area contributed by atoms with E-state index in [0.29, 0.717) is 29.4 Å². The number of fused-ring (bicyclic) bond motifs is 1. The summed E-state index contributed by atoms with van der Waals surface area (Å²) in [6, 6.07) is 22.0. The van der Waals surface area contributed by atoms with Crippen LogP contribution in [0.4, 0.5) is 0 Å². The highest BCUT2D eigenvalue weighted by atomic mass is 16.6. The number of aryl methyl sites for hydroxylation is 1. The van der Waals surface area contributed by atoms with Gasteiger partial charge in [0.05, 0.1) is 5.92 Å². The SMILES string of the molecule is C=CCOc1ccc(C2C(C#N)=C(N)Oc3cc(OC(=O)COc4ccccc4C)ccc32)cc1. The Morgan fingerprint density at radius 1 is 1.11 bits per heavy atom. The van der Waals surface area contributed by atoms with E-state index in [1.807, 2.05) is 49.4 Å². The lowest BCUT2D eigenvalue weighted by atomic mass is 9.83. The Hall–Kier alpha value is -4.70. The van der Waals surface area contributed by atoms with Gasteiger partial charge < -0.3 is 24.7 Å². The second-order valence-corrected chi connectivity index (χ2v) is 7.82. The molecule has 0 radical (unpaired) electrons. The molecule has 0 saturated heterocycles. The third kappa shape index (κ3) is 5.28. The molecular weight excluding hydrogens is 444 g/mol. The van der Waals surface area contributed by atoms with Crippen LogP contribution in [0.5, 0.6) is 23.0 Å². The van der Waals surface area contributed by atoms with Crippen LogP contribution >= 0.6 is 0 Å². The van der Waals surface area contributed by atoms with Crippen LogP contribution in [0, 0.1) is 18.3 Å². The summed E-state index contributed by atoms with van der Waals surface area (Å²) in [6.07, 6.45) is 1.67. The molecule has 2 N–H and O–H groups in total. The van der Waals surface area contributed by atoms with E-state index in [0.717, 1.165) is 16.7 Å². The minimum Gasteiger partial charge on any atom is -0.490 e. The van der Waals surface area contributed by atoms with Crippen LogP contribution in [0.2, 0.25) is 0 Å². The van der Waals surface area contributed by atoms with Crippen molar-refractivity contribution >= 4 is 5.97 Å². The maximum absolute atomic E-state index is 12.3. The number of benzene rings is 3. The molecule has 0 aliphatic carbocycles. The highest BCUT2D eigenvalue weighted by molar-refractivity contribution is 5.74. The molecule has 1 unspecified atom stereocenters. The van der Waals surface area contributed by atoms with E-state index in [4.69, 9.17) is 24.7 Å².